The van der Waals surface area contributed by atoms with Gasteiger partial charge in [-0.2, -0.15) is 0 Å². The lowest BCUT2D eigenvalue weighted by atomic mass is 10.0. The van der Waals surface area contributed by atoms with Gasteiger partial charge < -0.3 is 15.4 Å². The lowest BCUT2D eigenvalue weighted by Gasteiger charge is -2.22. The van der Waals surface area contributed by atoms with Gasteiger partial charge in [-0.15, -0.1) is 0 Å². The highest BCUT2D eigenvalue weighted by atomic mass is 19.1. The van der Waals surface area contributed by atoms with Crippen LogP contribution < -0.4 is 10.6 Å². The van der Waals surface area contributed by atoms with Crippen molar-refractivity contribution in [2.45, 2.75) is 31.8 Å². The maximum Gasteiger partial charge on any atom is 0.328 e. The van der Waals surface area contributed by atoms with Gasteiger partial charge in [0.2, 0.25) is 11.8 Å². The Labute approximate surface area is 185 Å². The second-order valence-corrected chi connectivity index (χ2v) is 7.55. The highest BCUT2D eigenvalue weighted by Crippen LogP contribution is 2.17. The summed E-state index contributed by atoms with van der Waals surface area (Å²) in [6.07, 6.45) is 0.377. The Morgan fingerprint density at radius 2 is 1.47 bits per heavy atom. The topological polar surface area (TPSA) is 84.5 Å². The fourth-order valence-corrected chi connectivity index (χ4v) is 3.52. The second kappa shape index (κ2) is 10.5. The van der Waals surface area contributed by atoms with Crippen LogP contribution in [0.15, 0.2) is 66.7 Å². The summed E-state index contributed by atoms with van der Waals surface area (Å²) >= 11 is 0. The van der Waals surface area contributed by atoms with Gasteiger partial charge in [-0.1, -0.05) is 54.6 Å². The van der Waals surface area contributed by atoms with Crippen LogP contribution in [0.25, 0.3) is 10.8 Å². The number of rotatable bonds is 8. The first-order valence-electron chi connectivity index (χ1n) is 10.2. The molecule has 0 fully saturated rings. The molecule has 7 heteroatoms. The number of carbonyl (C=O) groups excluding carboxylic acids is 3. The smallest absolute Gasteiger partial charge is 0.328 e. The van der Waals surface area contributed by atoms with Crippen LogP contribution in [0.1, 0.15) is 18.1 Å². The van der Waals surface area contributed by atoms with Crippen LogP contribution in [0.2, 0.25) is 0 Å². The van der Waals surface area contributed by atoms with E-state index in [-0.39, 0.29) is 12.8 Å². The monoisotopic (exact) mass is 436 g/mol. The molecule has 2 N–H and O–H groups in total. The van der Waals surface area contributed by atoms with E-state index < -0.39 is 35.7 Å². The van der Waals surface area contributed by atoms with Crippen LogP contribution in [0.3, 0.4) is 0 Å². The molecule has 0 aliphatic carbocycles. The van der Waals surface area contributed by atoms with Crippen molar-refractivity contribution >= 4 is 28.6 Å². The number of esters is 1. The van der Waals surface area contributed by atoms with Crippen LogP contribution in [0.5, 0.6) is 0 Å². The number of hydrogen-bond donors (Lipinski definition) is 2. The summed E-state index contributed by atoms with van der Waals surface area (Å²) in [5.41, 5.74) is 1.53. The molecule has 0 radical (unpaired) electrons. The average molecular weight is 436 g/mol. The Hall–Kier alpha value is -3.74. The lowest BCUT2D eigenvalue weighted by molar-refractivity contribution is -0.145. The zero-order chi connectivity index (χ0) is 23.1. The molecule has 2 amide bonds. The zero-order valence-electron chi connectivity index (χ0n) is 17.9. The first-order valence-corrected chi connectivity index (χ1v) is 10.2. The normalized spacial score (nSPS) is 12.6. The number of hydrogen-bond acceptors (Lipinski definition) is 4. The molecule has 0 bridgehead atoms. The molecule has 0 saturated carbocycles. The molecule has 2 atom stereocenters. The molecule has 0 aliphatic rings. The van der Waals surface area contributed by atoms with Gasteiger partial charge in [-0.05, 0) is 34.0 Å². The van der Waals surface area contributed by atoms with E-state index in [0.717, 1.165) is 16.3 Å². The van der Waals surface area contributed by atoms with Crippen molar-refractivity contribution in [3.05, 3.63) is 83.7 Å². The van der Waals surface area contributed by atoms with E-state index >= 15 is 0 Å². The van der Waals surface area contributed by atoms with Gasteiger partial charge in [0.1, 0.15) is 17.9 Å². The number of benzene rings is 3. The van der Waals surface area contributed by atoms with Crippen LogP contribution >= 0.6 is 0 Å². The molecule has 32 heavy (non-hydrogen) atoms. The van der Waals surface area contributed by atoms with Crippen molar-refractivity contribution in [3.63, 3.8) is 0 Å². The summed E-state index contributed by atoms with van der Waals surface area (Å²) < 4.78 is 18.1. The van der Waals surface area contributed by atoms with E-state index in [2.05, 4.69) is 10.6 Å². The lowest BCUT2D eigenvalue weighted by Crippen LogP contribution is -2.53. The molecule has 0 aliphatic heterocycles. The summed E-state index contributed by atoms with van der Waals surface area (Å²) in [4.78, 5) is 37.0. The van der Waals surface area contributed by atoms with Gasteiger partial charge in [0, 0.05) is 19.8 Å². The van der Waals surface area contributed by atoms with Crippen molar-refractivity contribution in [2.24, 2.45) is 0 Å². The number of carbonyl (C=O) groups is 3. The first-order chi connectivity index (χ1) is 15.4. The molecular weight excluding hydrogens is 411 g/mol. The van der Waals surface area contributed by atoms with E-state index in [0.29, 0.717) is 5.56 Å². The van der Waals surface area contributed by atoms with E-state index in [9.17, 15) is 18.8 Å². The largest absolute Gasteiger partial charge is 0.467 e. The van der Waals surface area contributed by atoms with Crippen molar-refractivity contribution in [3.8, 4) is 0 Å². The number of amides is 2. The SMILES string of the molecule is COC(=O)[C@H](Cc1ccc2ccccc2c1)NC(=O)[C@@H](Cc1ccc(F)cc1)NC(C)=O. The quantitative estimate of drug-likeness (QED) is 0.532. The third kappa shape index (κ3) is 6.14. The average Bonchev–Trinajstić information content (AvgIpc) is 2.78. The first kappa shape index (κ1) is 22.9. The molecule has 6 nitrogen and oxygen atoms in total. The summed E-state index contributed by atoms with van der Waals surface area (Å²) in [5.74, 6) is -1.90. The Balaban J connectivity index is 1.77. The minimum absolute atomic E-state index is 0.148. The fraction of sp³-hybridized carbons (Fsp3) is 0.240. The Morgan fingerprint density at radius 1 is 0.844 bits per heavy atom. The molecule has 0 heterocycles. The summed E-state index contributed by atoms with van der Waals surface area (Å²) in [5, 5.41) is 7.39. The van der Waals surface area contributed by atoms with Gasteiger partial charge in [-0.25, -0.2) is 9.18 Å². The van der Waals surface area contributed by atoms with E-state index in [1.54, 1.807) is 12.1 Å². The summed E-state index contributed by atoms with van der Waals surface area (Å²) in [7, 11) is 1.26. The van der Waals surface area contributed by atoms with Crippen molar-refractivity contribution < 1.29 is 23.5 Å². The van der Waals surface area contributed by atoms with Gasteiger partial charge >= 0.3 is 5.97 Å². The molecule has 0 unspecified atom stereocenters. The van der Waals surface area contributed by atoms with Crippen LogP contribution in [-0.4, -0.2) is 37.0 Å². The number of ether oxygens (including phenoxy) is 1. The maximum absolute atomic E-state index is 13.2. The highest BCUT2D eigenvalue weighted by Gasteiger charge is 2.27. The van der Waals surface area contributed by atoms with Crippen LogP contribution in [0, 0.1) is 5.82 Å². The molecule has 166 valence electrons. The molecule has 0 spiro atoms. The fourth-order valence-electron chi connectivity index (χ4n) is 3.52. The molecule has 0 saturated heterocycles. The predicted octanol–water partition coefficient (Wildman–Crippen LogP) is 2.93. The van der Waals surface area contributed by atoms with Gasteiger partial charge in [-0.3, -0.25) is 9.59 Å². The third-order valence-corrected chi connectivity index (χ3v) is 5.10. The molecule has 3 aromatic rings. The molecule has 3 aromatic carbocycles. The Kier molecular flexibility index (Phi) is 7.54. The third-order valence-electron chi connectivity index (χ3n) is 5.10. The van der Waals surface area contributed by atoms with E-state index in [4.69, 9.17) is 4.74 Å². The number of halogens is 1. The minimum Gasteiger partial charge on any atom is -0.467 e. The number of methoxy groups -OCH3 is 1. The van der Waals surface area contributed by atoms with Crippen molar-refractivity contribution in [1.82, 2.24) is 10.6 Å². The van der Waals surface area contributed by atoms with Crippen LogP contribution in [0.4, 0.5) is 4.39 Å². The van der Waals surface area contributed by atoms with Gasteiger partial charge in [0.25, 0.3) is 0 Å². The van der Waals surface area contributed by atoms with E-state index in [1.165, 1.54) is 26.2 Å². The second-order valence-electron chi connectivity index (χ2n) is 7.55. The predicted molar refractivity (Wildman–Crippen MR) is 119 cm³/mol. The van der Waals surface area contributed by atoms with Crippen molar-refractivity contribution in [1.29, 1.82) is 0 Å². The van der Waals surface area contributed by atoms with Gasteiger partial charge in [0.05, 0.1) is 7.11 Å². The van der Waals surface area contributed by atoms with E-state index in [1.807, 2.05) is 42.5 Å². The summed E-state index contributed by atoms with van der Waals surface area (Å²) in [6.45, 7) is 1.30. The summed E-state index contributed by atoms with van der Waals surface area (Å²) in [6, 6.07) is 17.5. The Morgan fingerprint density at radius 3 is 2.12 bits per heavy atom. The highest BCUT2D eigenvalue weighted by molar-refractivity contribution is 5.91. The number of fused-ring (bicyclic) bond motifs is 1. The standard InChI is InChI=1S/C25H25FN2O4/c1-16(29)27-22(14-17-8-11-21(26)12-9-17)24(30)28-23(25(31)32-2)15-18-7-10-19-5-3-4-6-20(19)13-18/h3-13,22-23H,14-15H2,1-2H3,(H,27,29)(H,28,30)/t22-,23+/m1/s1. The van der Waals surface area contributed by atoms with Crippen molar-refractivity contribution in [2.75, 3.05) is 7.11 Å². The number of nitrogens with one attached hydrogen (secondary N) is 2. The molecule has 3 rings (SSSR count). The Bertz CT molecular complexity index is 1110. The van der Waals surface area contributed by atoms with Gasteiger partial charge in [0.15, 0.2) is 0 Å². The minimum atomic E-state index is -0.932. The van der Waals surface area contributed by atoms with Crippen LogP contribution in [-0.2, 0) is 32.0 Å². The maximum atomic E-state index is 13.2. The zero-order valence-corrected chi connectivity index (χ0v) is 17.9. The molecule has 0 aromatic heterocycles. The molecular formula is C25H25FN2O4.